The van der Waals surface area contributed by atoms with Gasteiger partial charge in [0.2, 0.25) is 0 Å². The molecule has 3 rings (SSSR count). The number of alkyl halides is 1. The fourth-order valence-corrected chi connectivity index (χ4v) is 3.89. The van der Waals surface area contributed by atoms with Crippen LogP contribution in [0, 0.1) is 12.8 Å². The quantitative estimate of drug-likeness (QED) is 0.734. The maximum absolute atomic E-state index is 5.99. The molecule has 2 aromatic rings. The van der Waals surface area contributed by atoms with Crippen LogP contribution in [-0.2, 0) is 6.42 Å². The van der Waals surface area contributed by atoms with Crippen LogP contribution in [0.5, 0.6) is 0 Å². The molecular formula is C17H23ClN2. The molecule has 3 heteroatoms. The zero-order valence-corrected chi connectivity index (χ0v) is 13.2. The molecule has 0 aliphatic heterocycles. The summed E-state index contributed by atoms with van der Waals surface area (Å²) in [5, 5.41) is 0. The molecule has 0 saturated heterocycles. The van der Waals surface area contributed by atoms with Crippen molar-refractivity contribution < 1.29 is 0 Å². The van der Waals surface area contributed by atoms with Crippen molar-refractivity contribution in [3.05, 3.63) is 29.6 Å². The van der Waals surface area contributed by atoms with Crippen molar-refractivity contribution in [3.63, 3.8) is 0 Å². The molecule has 0 amide bonds. The van der Waals surface area contributed by atoms with Gasteiger partial charge in [0.25, 0.3) is 0 Å². The van der Waals surface area contributed by atoms with Gasteiger partial charge in [-0.15, -0.1) is 11.6 Å². The Hall–Kier alpha value is -1.02. The molecular weight excluding hydrogens is 268 g/mol. The molecule has 0 bridgehead atoms. The number of nitrogens with zero attached hydrogens (tertiary/aromatic N) is 2. The largest absolute Gasteiger partial charge is 0.325 e. The van der Waals surface area contributed by atoms with Crippen molar-refractivity contribution in [2.75, 3.05) is 5.88 Å². The number of imidazole rings is 1. The summed E-state index contributed by atoms with van der Waals surface area (Å²) in [6.07, 6.45) is 6.32. The number of hydrogen-bond acceptors (Lipinski definition) is 1. The molecule has 108 valence electrons. The number of aryl methyl sites for hydroxylation is 2. The Labute approximate surface area is 126 Å². The molecule has 1 heterocycles. The SMILES string of the molecule is Cc1cccc2nc(CCCl)n(C(C)C3CCCC3)c12. The second-order valence-corrected chi connectivity index (χ2v) is 6.44. The van der Waals surface area contributed by atoms with E-state index >= 15 is 0 Å². The Morgan fingerprint density at radius 2 is 2.10 bits per heavy atom. The van der Waals surface area contributed by atoms with E-state index in [2.05, 4.69) is 36.6 Å². The first-order valence-electron chi connectivity index (χ1n) is 7.74. The van der Waals surface area contributed by atoms with Crippen molar-refractivity contribution in [1.82, 2.24) is 9.55 Å². The molecule has 0 spiro atoms. The van der Waals surface area contributed by atoms with Gasteiger partial charge in [0.1, 0.15) is 5.82 Å². The molecule has 20 heavy (non-hydrogen) atoms. The summed E-state index contributed by atoms with van der Waals surface area (Å²) in [5.41, 5.74) is 3.75. The van der Waals surface area contributed by atoms with Crippen LogP contribution in [0.3, 0.4) is 0 Å². The normalized spacial score (nSPS) is 17.9. The van der Waals surface area contributed by atoms with E-state index in [1.807, 2.05) is 0 Å². The van der Waals surface area contributed by atoms with E-state index in [1.165, 1.54) is 36.8 Å². The zero-order valence-electron chi connectivity index (χ0n) is 12.4. The van der Waals surface area contributed by atoms with Crippen LogP contribution >= 0.6 is 11.6 Å². The van der Waals surface area contributed by atoms with Gasteiger partial charge in [0, 0.05) is 18.3 Å². The van der Waals surface area contributed by atoms with E-state index < -0.39 is 0 Å². The van der Waals surface area contributed by atoms with Crippen LogP contribution in [0.1, 0.15) is 50.0 Å². The van der Waals surface area contributed by atoms with Crippen LogP contribution in [0.25, 0.3) is 11.0 Å². The molecule has 1 saturated carbocycles. The Morgan fingerprint density at radius 1 is 1.35 bits per heavy atom. The molecule has 1 aromatic carbocycles. The maximum atomic E-state index is 5.99. The minimum atomic E-state index is 0.529. The van der Waals surface area contributed by atoms with Crippen molar-refractivity contribution in [1.29, 1.82) is 0 Å². The van der Waals surface area contributed by atoms with Crippen LogP contribution in [-0.4, -0.2) is 15.4 Å². The molecule has 1 fully saturated rings. The first-order chi connectivity index (χ1) is 9.72. The fourth-order valence-electron chi connectivity index (χ4n) is 3.72. The Kier molecular flexibility index (Phi) is 4.02. The molecule has 2 nitrogen and oxygen atoms in total. The maximum Gasteiger partial charge on any atom is 0.111 e. The van der Waals surface area contributed by atoms with E-state index in [9.17, 15) is 0 Å². The Balaban J connectivity index is 2.12. The third-order valence-electron chi connectivity index (χ3n) is 4.79. The lowest BCUT2D eigenvalue weighted by molar-refractivity contribution is 0.360. The predicted octanol–water partition coefficient (Wildman–Crippen LogP) is 4.88. The van der Waals surface area contributed by atoms with E-state index in [4.69, 9.17) is 16.6 Å². The van der Waals surface area contributed by atoms with Crippen molar-refractivity contribution in [3.8, 4) is 0 Å². The standard InChI is InChI=1S/C17H23ClN2/c1-12-6-5-9-15-17(12)20(16(19-15)10-11-18)13(2)14-7-3-4-8-14/h5-6,9,13-14H,3-4,7-8,10-11H2,1-2H3. The summed E-state index contributed by atoms with van der Waals surface area (Å²) in [6, 6.07) is 6.94. The summed E-state index contributed by atoms with van der Waals surface area (Å²) in [7, 11) is 0. The first kappa shape index (κ1) is 13.9. The van der Waals surface area contributed by atoms with Gasteiger partial charge >= 0.3 is 0 Å². The topological polar surface area (TPSA) is 17.8 Å². The summed E-state index contributed by atoms with van der Waals surface area (Å²) in [4.78, 5) is 4.83. The third-order valence-corrected chi connectivity index (χ3v) is 4.98. The number of fused-ring (bicyclic) bond motifs is 1. The Bertz CT molecular complexity index is 596. The van der Waals surface area contributed by atoms with Crippen LogP contribution < -0.4 is 0 Å². The number of aromatic nitrogens is 2. The zero-order chi connectivity index (χ0) is 14.1. The van der Waals surface area contributed by atoms with E-state index in [0.29, 0.717) is 11.9 Å². The van der Waals surface area contributed by atoms with Gasteiger partial charge < -0.3 is 4.57 Å². The van der Waals surface area contributed by atoms with Crippen molar-refractivity contribution >= 4 is 22.6 Å². The number of halogens is 1. The first-order valence-corrected chi connectivity index (χ1v) is 8.28. The van der Waals surface area contributed by atoms with Crippen LogP contribution in [0.2, 0.25) is 0 Å². The molecule has 0 radical (unpaired) electrons. The number of rotatable bonds is 4. The van der Waals surface area contributed by atoms with E-state index in [1.54, 1.807) is 0 Å². The van der Waals surface area contributed by atoms with Gasteiger partial charge in [-0.1, -0.05) is 25.0 Å². The second-order valence-electron chi connectivity index (χ2n) is 6.06. The molecule has 1 aromatic heterocycles. The van der Waals surface area contributed by atoms with Gasteiger partial charge in [0.05, 0.1) is 11.0 Å². The smallest absolute Gasteiger partial charge is 0.111 e. The number of benzene rings is 1. The summed E-state index contributed by atoms with van der Waals surface area (Å²) < 4.78 is 2.48. The Morgan fingerprint density at radius 3 is 2.80 bits per heavy atom. The fraction of sp³-hybridized carbons (Fsp3) is 0.588. The van der Waals surface area contributed by atoms with E-state index in [-0.39, 0.29) is 0 Å². The van der Waals surface area contributed by atoms with Gasteiger partial charge in [-0.25, -0.2) is 4.98 Å². The lowest BCUT2D eigenvalue weighted by atomic mass is 9.99. The average Bonchev–Trinajstić information content (AvgIpc) is 3.06. The van der Waals surface area contributed by atoms with Gasteiger partial charge in [-0.3, -0.25) is 0 Å². The monoisotopic (exact) mass is 290 g/mol. The molecule has 0 N–H and O–H groups in total. The highest BCUT2D eigenvalue weighted by molar-refractivity contribution is 6.17. The van der Waals surface area contributed by atoms with E-state index in [0.717, 1.165) is 23.7 Å². The number of hydrogen-bond donors (Lipinski definition) is 0. The van der Waals surface area contributed by atoms with Crippen LogP contribution in [0.15, 0.2) is 18.2 Å². The lowest BCUT2D eigenvalue weighted by Crippen LogP contribution is -2.17. The summed E-state index contributed by atoms with van der Waals surface area (Å²) in [5.74, 6) is 2.59. The highest BCUT2D eigenvalue weighted by Crippen LogP contribution is 2.37. The predicted molar refractivity (Wildman–Crippen MR) is 85.6 cm³/mol. The minimum absolute atomic E-state index is 0.529. The highest BCUT2D eigenvalue weighted by Gasteiger charge is 2.26. The minimum Gasteiger partial charge on any atom is -0.325 e. The second kappa shape index (κ2) is 5.77. The third kappa shape index (κ3) is 2.35. The molecule has 1 unspecified atom stereocenters. The van der Waals surface area contributed by atoms with Crippen LogP contribution in [0.4, 0.5) is 0 Å². The molecule has 1 aliphatic carbocycles. The van der Waals surface area contributed by atoms with Gasteiger partial charge in [-0.2, -0.15) is 0 Å². The summed E-state index contributed by atoms with van der Waals surface area (Å²) >= 11 is 5.99. The lowest BCUT2D eigenvalue weighted by Gasteiger charge is -2.24. The number of para-hydroxylation sites is 1. The highest BCUT2D eigenvalue weighted by atomic mass is 35.5. The molecule has 1 aliphatic rings. The summed E-state index contributed by atoms with van der Waals surface area (Å²) in [6.45, 7) is 4.55. The average molecular weight is 291 g/mol. The van der Waals surface area contributed by atoms with Crippen molar-refractivity contribution in [2.24, 2.45) is 5.92 Å². The van der Waals surface area contributed by atoms with Gasteiger partial charge in [0.15, 0.2) is 0 Å². The molecule has 1 atom stereocenters. The van der Waals surface area contributed by atoms with Gasteiger partial charge in [-0.05, 0) is 44.2 Å². The van der Waals surface area contributed by atoms with Crippen molar-refractivity contribution in [2.45, 2.75) is 52.0 Å².